The van der Waals surface area contributed by atoms with Gasteiger partial charge in [0, 0.05) is 43.1 Å². The van der Waals surface area contributed by atoms with Crippen LogP contribution in [0.25, 0.3) is 11.4 Å². The summed E-state index contributed by atoms with van der Waals surface area (Å²) < 4.78 is 19.2. The van der Waals surface area contributed by atoms with Gasteiger partial charge in [0.15, 0.2) is 0 Å². The molecular weight excluding hydrogens is 383 g/mol. The number of hydrogen-bond acceptors (Lipinski definition) is 5. The Kier molecular flexibility index (Phi) is 6.49. The van der Waals surface area contributed by atoms with Gasteiger partial charge in [-0.25, -0.2) is 4.39 Å². The second-order valence-corrected chi connectivity index (χ2v) is 7.61. The first-order valence-corrected chi connectivity index (χ1v) is 10.3. The summed E-state index contributed by atoms with van der Waals surface area (Å²) in [6, 6.07) is 16.5. The Balaban J connectivity index is 1.25. The SMILES string of the molecule is O=C(CCc1nc(-c2ccccc2)no1)N[C@@H]1CCCN(Cc2ccccc2F)C1. The van der Waals surface area contributed by atoms with Crippen LogP contribution in [0.4, 0.5) is 4.39 Å². The maximum atomic E-state index is 13.9. The predicted molar refractivity (Wildman–Crippen MR) is 111 cm³/mol. The molecule has 1 atom stereocenters. The largest absolute Gasteiger partial charge is 0.352 e. The molecule has 0 unspecified atom stereocenters. The Hall–Kier alpha value is -3.06. The molecule has 1 N–H and O–H groups in total. The highest BCUT2D eigenvalue weighted by Crippen LogP contribution is 2.17. The predicted octanol–water partition coefficient (Wildman–Crippen LogP) is 3.59. The number of hydrogen-bond donors (Lipinski definition) is 1. The molecule has 4 rings (SSSR count). The summed E-state index contributed by atoms with van der Waals surface area (Å²) in [5, 5.41) is 7.08. The lowest BCUT2D eigenvalue weighted by Crippen LogP contribution is -2.47. The molecule has 1 aromatic heterocycles. The molecule has 1 saturated heterocycles. The van der Waals surface area contributed by atoms with Crippen LogP contribution in [0, 0.1) is 5.82 Å². The molecule has 2 aromatic carbocycles. The molecule has 156 valence electrons. The van der Waals surface area contributed by atoms with E-state index in [1.54, 1.807) is 6.07 Å². The maximum Gasteiger partial charge on any atom is 0.227 e. The number of nitrogens with one attached hydrogen (secondary N) is 1. The van der Waals surface area contributed by atoms with Crippen LogP contribution in [-0.2, 0) is 17.8 Å². The van der Waals surface area contributed by atoms with Gasteiger partial charge in [0.05, 0.1) is 0 Å². The van der Waals surface area contributed by atoms with Crippen LogP contribution in [0.3, 0.4) is 0 Å². The first kappa shape index (κ1) is 20.2. The molecule has 3 aromatic rings. The van der Waals surface area contributed by atoms with Crippen molar-refractivity contribution in [1.82, 2.24) is 20.4 Å². The number of likely N-dealkylation sites (tertiary alicyclic amines) is 1. The molecular formula is C23H25FN4O2. The van der Waals surface area contributed by atoms with Gasteiger partial charge < -0.3 is 9.84 Å². The molecule has 1 aliphatic rings. The minimum atomic E-state index is -0.182. The standard InChI is InChI=1S/C23H25FN4O2/c24-20-11-5-4-9-18(20)15-28-14-6-10-19(16-28)25-21(29)12-13-22-26-23(27-30-22)17-7-2-1-3-8-17/h1-5,7-9,11,19H,6,10,12-16H2,(H,25,29)/t19-/m1/s1. The van der Waals surface area contributed by atoms with Gasteiger partial charge in [0.2, 0.25) is 17.6 Å². The third-order valence-corrected chi connectivity index (χ3v) is 5.29. The highest BCUT2D eigenvalue weighted by atomic mass is 19.1. The highest BCUT2D eigenvalue weighted by molar-refractivity contribution is 5.76. The molecule has 30 heavy (non-hydrogen) atoms. The maximum absolute atomic E-state index is 13.9. The minimum Gasteiger partial charge on any atom is -0.352 e. The molecule has 0 spiro atoms. The zero-order valence-electron chi connectivity index (χ0n) is 16.8. The minimum absolute atomic E-state index is 0.0350. The van der Waals surface area contributed by atoms with Crippen molar-refractivity contribution in [3.63, 3.8) is 0 Å². The van der Waals surface area contributed by atoms with Crippen molar-refractivity contribution >= 4 is 5.91 Å². The molecule has 0 radical (unpaired) electrons. The summed E-state index contributed by atoms with van der Waals surface area (Å²) in [6.45, 7) is 2.19. The van der Waals surface area contributed by atoms with Crippen LogP contribution >= 0.6 is 0 Å². The molecule has 6 nitrogen and oxygen atoms in total. The van der Waals surface area contributed by atoms with Gasteiger partial charge in [0.25, 0.3) is 0 Å². The lowest BCUT2D eigenvalue weighted by Gasteiger charge is -2.33. The van der Waals surface area contributed by atoms with Gasteiger partial charge >= 0.3 is 0 Å². The van der Waals surface area contributed by atoms with Crippen LogP contribution in [0.15, 0.2) is 59.1 Å². The smallest absolute Gasteiger partial charge is 0.227 e. The molecule has 1 fully saturated rings. The average molecular weight is 408 g/mol. The fourth-order valence-corrected chi connectivity index (χ4v) is 3.77. The second-order valence-electron chi connectivity index (χ2n) is 7.61. The highest BCUT2D eigenvalue weighted by Gasteiger charge is 2.22. The number of aromatic nitrogens is 2. The summed E-state index contributed by atoms with van der Waals surface area (Å²) in [7, 11) is 0. The number of benzene rings is 2. The third-order valence-electron chi connectivity index (χ3n) is 5.29. The van der Waals surface area contributed by atoms with Gasteiger partial charge in [-0.2, -0.15) is 4.98 Å². The Morgan fingerprint density at radius 3 is 2.80 bits per heavy atom. The van der Waals surface area contributed by atoms with Gasteiger partial charge in [-0.05, 0) is 25.5 Å². The van der Waals surface area contributed by atoms with Crippen LogP contribution in [-0.4, -0.2) is 40.1 Å². The lowest BCUT2D eigenvalue weighted by atomic mass is 10.0. The van der Waals surface area contributed by atoms with E-state index in [2.05, 4.69) is 20.4 Å². The van der Waals surface area contributed by atoms with Crippen molar-refractivity contribution in [2.45, 2.75) is 38.3 Å². The van der Waals surface area contributed by atoms with E-state index in [1.165, 1.54) is 6.07 Å². The van der Waals surface area contributed by atoms with Crippen molar-refractivity contribution in [2.75, 3.05) is 13.1 Å². The van der Waals surface area contributed by atoms with Crippen LogP contribution in [0.5, 0.6) is 0 Å². The molecule has 0 aliphatic carbocycles. The number of amides is 1. The number of piperidine rings is 1. The van der Waals surface area contributed by atoms with E-state index in [0.29, 0.717) is 36.7 Å². The van der Waals surface area contributed by atoms with Crippen molar-refractivity contribution in [1.29, 1.82) is 0 Å². The van der Waals surface area contributed by atoms with Crippen molar-refractivity contribution in [2.24, 2.45) is 0 Å². The number of halogens is 1. The van der Waals surface area contributed by atoms with E-state index in [-0.39, 0.29) is 17.8 Å². The third kappa shape index (κ3) is 5.30. The second kappa shape index (κ2) is 9.63. The summed E-state index contributed by atoms with van der Waals surface area (Å²) in [5.41, 5.74) is 1.57. The Morgan fingerprint density at radius 2 is 1.97 bits per heavy atom. The van der Waals surface area contributed by atoms with E-state index in [9.17, 15) is 9.18 Å². The molecule has 0 saturated carbocycles. The quantitative estimate of drug-likeness (QED) is 0.647. The molecule has 7 heteroatoms. The Bertz CT molecular complexity index is 976. The van der Waals surface area contributed by atoms with E-state index < -0.39 is 0 Å². The molecule has 1 amide bonds. The van der Waals surface area contributed by atoms with Gasteiger partial charge in [-0.15, -0.1) is 0 Å². The van der Waals surface area contributed by atoms with Gasteiger partial charge in [0.1, 0.15) is 5.82 Å². The van der Waals surface area contributed by atoms with Crippen molar-refractivity contribution in [3.8, 4) is 11.4 Å². The number of nitrogens with zero attached hydrogens (tertiary/aromatic N) is 3. The summed E-state index contributed by atoms with van der Waals surface area (Å²) in [6.07, 6.45) is 2.60. The first-order valence-electron chi connectivity index (χ1n) is 10.3. The number of carbonyl (C=O) groups excluding carboxylic acids is 1. The first-order chi connectivity index (χ1) is 14.7. The Morgan fingerprint density at radius 1 is 1.17 bits per heavy atom. The summed E-state index contributed by atoms with van der Waals surface area (Å²) in [4.78, 5) is 19.0. The van der Waals surface area contributed by atoms with E-state index in [0.717, 1.165) is 31.5 Å². The zero-order valence-corrected chi connectivity index (χ0v) is 16.8. The summed E-state index contributed by atoms with van der Waals surface area (Å²) in [5.74, 6) is 0.765. The Labute approximate surface area is 175 Å². The van der Waals surface area contributed by atoms with E-state index >= 15 is 0 Å². The van der Waals surface area contributed by atoms with Crippen molar-refractivity contribution in [3.05, 3.63) is 71.9 Å². The number of rotatable bonds is 7. The van der Waals surface area contributed by atoms with Crippen molar-refractivity contribution < 1.29 is 13.7 Å². The summed E-state index contributed by atoms with van der Waals surface area (Å²) >= 11 is 0. The fraction of sp³-hybridized carbons (Fsp3) is 0.348. The molecule has 0 bridgehead atoms. The average Bonchev–Trinajstić information content (AvgIpc) is 3.24. The van der Waals surface area contributed by atoms with E-state index in [4.69, 9.17) is 4.52 Å². The molecule has 1 aliphatic heterocycles. The fourth-order valence-electron chi connectivity index (χ4n) is 3.77. The number of aryl methyl sites for hydroxylation is 1. The molecule has 2 heterocycles. The van der Waals surface area contributed by atoms with Crippen LogP contribution in [0.2, 0.25) is 0 Å². The normalized spacial score (nSPS) is 17.0. The van der Waals surface area contributed by atoms with Gasteiger partial charge in [-0.1, -0.05) is 53.7 Å². The zero-order chi connectivity index (χ0) is 20.8. The monoisotopic (exact) mass is 408 g/mol. The number of carbonyl (C=O) groups is 1. The van der Waals surface area contributed by atoms with Gasteiger partial charge in [-0.3, -0.25) is 9.69 Å². The lowest BCUT2D eigenvalue weighted by molar-refractivity contribution is -0.122. The van der Waals surface area contributed by atoms with Crippen LogP contribution < -0.4 is 5.32 Å². The van der Waals surface area contributed by atoms with E-state index in [1.807, 2.05) is 42.5 Å². The topological polar surface area (TPSA) is 71.3 Å². The van der Waals surface area contributed by atoms with Crippen LogP contribution in [0.1, 0.15) is 30.7 Å².